The van der Waals surface area contributed by atoms with Gasteiger partial charge in [-0.05, 0) is 67.3 Å². The smallest absolute Gasteiger partial charge is 0.305 e. The summed E-state index contributed by atoms with van der Waals surface area (Å²) in [6.07, 6.45) is 3.84. The number of aromatic nitrogens is 1. The molecule has 3 aliphatic rings. The minimum Gasteiger partial charge on any atom is -0.497 e. The molecule has 0 unspecified atom stereocenters. The van der Waals surface area contributed by atoms with Crippen molar-refractivity contribution >= 4 is 34.7 Å². The molecule has 176 valence electrons. The highest BCUT2D eigenvalue weighted by Crippen LogP contribution is 2.64. The molecular weight excluding hydrogens is 468 g/mol. The normalized spacial score (nSPS) is 26.6. The summed E-state index contributed by atoms with van der Waals surface area (Å²) in [7, 11) is 1.61. The number of hydrogen-bond donors (Lipinski definition) is 2. The number of H-pyrrole nitrogens is 1. The summed E-state index contributed by atoms with van der Waals surface area (Å²) in [6, 6.07) is 15.2. The monoisotopic (exact) mass is 494 g/mol. The van der Waals surface area contributed by atoms with Crippen LogP contribution in [0.25, 0.3) is 0 Å². The Labute approximate surface area is 206 Å². The molecule has 3 aromatic rings. The number of nitrogens with one attached hydrogen (secondary N) is 2. The molecule has 1 aromatic heterocycles. The third kappa shape index (κ3) is 3.82. The van der Waals surface area contributed by atoms with Gasteiger partial charge in [0.1, 0.15) is 11.5 Å². The van der Waals surface area contributed by atoms with Gasteiger partial charge in [0.15, 0.2) is 6.61 Å². The molecule has 6 rings (SSSR count). The Morgan fingerprint density at radius 2 is 1.91 bits per heavy atom. The van der Waals surface area contributed by atoms with E-state index in [-0.39, 0.29) is 23.3 Å². The van der Waals surface area contributed by atoms with Crippen LogP contribution >= 0.6 is 23.1 Å². The summed E-state index contributed by atoms with van der Waals surface area (Å²) in [5, 5.41) is 4.44. The minimum atomic E-state index is -0.219. The second kappa shape index (κ2) is 8.82. The van der Waals surface area contributed by atoms with Crippen LogP contribution in [0.2, 0.25) is 0 Å². The molecule has 2 heterocycles. The molecule has 8 heteroatoms. The number of carbonyl (C=O) groups excluding carboxylic acids is 1. The first-order chi connectivity index (χ1) is 16.6. The first-order valence-electron chi connectivity index (χ1n) is 11.7. The summed E-state index contributed by atoms with van der Waals surface area (Å²) < 4.78 is 11.3. The molecule has 0 radical (unpaired) electrons. The van der Waals surface area contributed by atoms with Crippen LogP contribution in [-0.2, 0) is 4.79 Å². The van der Waals surface area contributed by atoms with E-state index < -0.39 is 0 Å². The molecule has 1 amide bonds. The third-order valence-electron chi connectivity index (χ3n) is 7.45. The van der Waals surface area contributed by atoms with E-state index in [1.807, 2.05) is 30.0 Å². The Kier molecular flexibility index (Phi) is 5.65. The summed E-state index contributed by atoms with van der Waals surface area (Å²) >= 11 is 3.21. The molecular formula is C26H26N2O4S2. The zero-order valence-corrected chi connectivity index (χ0v) is 20.4. The van der Waals surface area contributed by atoms with E-state index >= 15 is 0 Å². The van der Waals surface area contributed by atoms with E-state index in [9.17, 15) is 9.59 Å². The summed E-state index contributed by atoms with van der Waals surface area (Å²) in [4.78, 5) is 29.1. The van der Waals surface area contributed by atoms with E-state index in [0.717, 1.165) is 32.9 Å². The predicted molar refractivity (Wildman–Crippen MR) is 134 cm³/mol. The average molecular weight is 495 g/mol. The van der Waals surface area contributed by atoms with Gasteiger partial charge in [-0.25, -0.2) is 0 Å². The van der Waals surface area contributed by atoms with Gasteiger partial charge in [0, 0.05) is 27.3 Å². The van der Waals surface area contributed by atoms with Crippen molar-refractivity contribution in [3.63, 3.8) is 0 Å². The topological polar surface area (TPSA) is 80.4 Å². The second-order valence-electron chi connectivity index (χ2n) is 9.28. The molecule has 34 heavy (non-hydrogen) atoms. The van der Waals surface area contributed by atoms with Crippen molar-refractivity contribution in [2.75, 3.05) is 19.0 Å². The van der Waals surface area contributed by atoms with Crippen LogP contribution in [0, 0.1) is 17.8 Å². The van der Waals surface area contributed by atoms with Crippen molar-refractivity contribution in [2.24, 2.45) is 17.8 Å². The molecule has 2 bridgehead atoms. The van der Waals surface area contributed by atoms with Gasteiger partial charge >= 0.3 is 4.87 Å². The number of rotatable bonds is 6. The van der Waals surface area contributed by atoms with Gasteiger partial charge in [0.25, 0.3) is 5.91 Å². The fourth-order valence-electron chi connectivity index (χ4n) is 6.08. The van der Waals surface area contributed by atoms with Crippen LogP contribution in [0.1, 0.15) is 35.6 Å². The molecule has 6 nitrogen and oxygen atoms in total. The Morgan fingerprint density at radius 1 is 1.12 bits per heavy atom. The van der Waals surface area contributed by atoms with E-state index in [2.05, 4.69) is 16.4 Å². The van der Waals surface area contributed by atoms with Gasteiger partial charge in [0.05, 0.1) is 12.1 Å². The van der Waals surface area contributed by atoms with Gasteiger partial charge in [-0.15, -0.1) is 11.8 Å². The number of fused-ring (bicyclic) bond motifs is 6. The van der Waals surface area contributed by atoms with Gasteiger partial charge < -0.3 is 19.8 Å². The van der Waals surface area contributed by atoms with E-state index in [1.54, 1.807) is 31.4 Å². The van der Waals surface area contributed by atoms with Crippen LogP contribution < -0.4 is 19.7 Å². The van der Waals surface area contributed by atoms with E-state index in [1.165, 1.54) is 30.6 Å². The number of thiazole rings is 1. The highest BCUT2D eigenvalue weighted by Gasteiger charge is 2.55. The van der Waals surface area contributed by atoms with Crippen molar-refractivity contribution in [1.82, 2.24) is 4.98 Å². The van der Waals surface area contributed by atoms with Crippen LogP contribution in [0.5, 0.6) is 11.5 Å². The number of aromatic amines is 1. The molecule has 0 spiro atoms. The molecule has 1 aliphatic heterocycles. The third-order valence-corrected chi connectivity index (χ3v) is 10.1. The van der Waals surface area contributed by atoms with Crippen molar-refractivity contribution in [1.29, 1.82) is 0 Å². The Balaban J connectivity index is 1.25. The van der Waals surface area contributed by atoms with Gasteiger partial charge in [-0.3, -0.25) is 9.59 Å². The standard InChI is InChI=1S/C26H26N2O4S2/c1-31-17-10-8-16(9-11-17)27-20(29)13-32-19-5-3-2-4-18(19)22-21-14-6-7-15(12-14)23(21)33-25-24(22)34-26(30)28-25/h2-5,8-11,14-15,21-23H,6-7,12-13H2,1H3,(H,27,29)(H,28,30)/t14-,15-,21+,22+,23-/m0/s1. The number of anilines is 1. The Bertz CT molecular complexity index is 1270. The lowest BCUT2D eigenvalue weighted by atomic mass is 9.74. The maximum atomic E-state index is 12.6. The number of amides is 1. The van der Waals surface area contributed by atoms with Crippen LogP contribution in [0.15, 0.2) is 58.4 Å². The molecule has 5 atom stereocenters. The largest absolute Gasteiger partial charge is 0.497 e. The molecule has 2 N–H and O–H groups in total. The van der Waals surface area contributed by atoms with Crippen molar-refractivity contribution < 1.29 is 14.3 Å². The Hall–Kier alpha value is -2.71. The zero-order valence-electron chi connectivity index (χ0n) is 18.8. The van der Waals surface area contributed by atoms with Crippen molar-refractivity contribution in [3.8, 4) is 11.5 Å². The summed E-state index contributed by atoms with van der Waals surface area (Å²) in [6.45, 7) is -0.0825. The van der Waals surface area contributed by atoms with Gasteiger partial charge in [0.2, 0.25) is 0 Å². The number of para-hydroxylation sites is 1. The zero-order chi connectivity index (χ0) is 23.2. The predicted octanol–water partition coefficient (Wildman–Crippen LogP) is 5.11. The van der Waals surface area contributed by atoms with Crippen molar-refractivity contribution in [2.45, 2.75) is 35.5 Å². The van der Waals surface area contributed by atoms with Crippen LogP contribution in [0.4, 0.5) is 5.69 Å². The lowest BCUT2D eigenvalue weighted by Crippen LogP contribution is -2.34. The summed E-state index contributed by atoms with van der Waals surface area (Å²) in [5.74, 6) is 3.27. The van der Waals surface area contributed by atoms with Gasteiger partial charge in [-0.1, -0.05) is 29.5 Å². The maximum absolute atomic E-state index is 12.6. The van der Waals surface area contributed by atoms with Gasteiger partial charge in [-0.2, -0.15) is 0 Å². The average Bonchev–Trinajstić information content (AvgIpc) is 3.56. The first kappa shape index (κ1) is 21.8. The number of ether oxygens (including phenoxy) is 2. The lowest BCUT2D eigenvalue weighted by Gasteiger charge is -2.40. The Morgan fingerprint density at radius 3 is 2.74 bits per heavy atom. The molecule has 2 saturated carbocycles. The number of hydrogen-bond acceptors (Lipinski definition) is 6. The van der Waals surface area contributed by atoms with E-state index in [4.69, 9.17) is 9.47 Å². The maximum Gasteiger partial charge on any atom is 0.305 e. The fraction of sp³-hybridized carbons (Fsp3) is 0.385. The fourth-order valence-corrected chi connectivity index (χ4v) is 8.97. The summed E-state index contributed by atoms with van der Waals surface area (Å²) in [5.41, 5.74) is 1.78. The number of benzene rings is 2. The number of thioether (sulfide) groups is 1. The number of methoxy groups -OCH3 is 1. The quantitative estimate of drug-likeness (QED) is 0.498. The van der Waals surface area contributed by atoms with Crippen LogP contribution in [0.3, 0.4) is 0 Å². The SMILES string of the molecule is COc1ccc(NC(=O)COc2ccccc2[C@H]2c3sc(=O)[nH]c3S[C@H]3[C@H]4CC[C@@H](C4)[C@H]23)cc1. The highest BCUT2D eigenvalue weighted by molar-refractivity contribution is 8.00. The van der Waals surface area contributed by atoms with E-state index in [0.29, 0.717) is 22.8 Å². The lowest BCUT2D eigenvalue weighted by molar-refractivity contribution is -0.118. The highest BCUT2D eigenvalue weighted by atomic mass is 32.2. The molecule has 0 saturated heterocycles. The first-order valence-corrected chi connectivity index (χ1v) is 13.4. The molecule has 2 aliphatic carbocycles. The molecule has 2 fully saturated rings. The van der Waals surface area contributed by atoms with Crippen molar-refractivity contribution in [3.05, 3.63) is 68.6 Å². The number of carbonyl (C=O) groups is 1. The van der Waals surface area contributed by atoms with Crippen LogP contribution in [-0.4, -0.2) is 29.9 Å². The molecule has 2 aromatic carbocycles. The minimum absolute atomic E-state index is 0.00656. The second-order valence-corrected chi connectivity index (χ2v) is 11.5.